The molecule has 0 spiro atoms. The topological polar surface area (TPSA) is 62.7 Å². The maximum atomic E-state index is 4.43. The van der Waals surface area contributed by atoms with Gasteiger partial charge in [0.05, 0.1) is 6.20 Å². The minimum Gasteiger partial charge on any atom is -0.353 e. The van der Waals surface area contributed by atoms with E-state index in [1.807, 2.05) is 6.07 Å². The maximum Gasteiger partial charge on any atom is 0.244 e. The van der Waals surface area contributed by atoms with E-state index in [2.05, 4.69) is 65.6 Å². The summed E-state index contributed by atoms with van der Waals surface area (Å²) >= 11 is 0. The summed E-state index contributed by atoms with van der Waals surface area (Å²) in [6.07, 6.45) is 1.63. The van der Waals surface area contributed by atoms with E-state index in [9.17, 15) is 0 Å². The highest BCUT2D eigenvalue weighted by molar-refractivity contribution is 5.64. The van der Waals surface area contributed by atoms with Gasteiger partial charge in [0.25, 0.3) is 0 Å². The minimum atomic E-state index is 0.536. The molecule has 2 N–H and O–H groups in total. The first-order valence-electron chi connectivity index (χ1n) is 6.83. The van der Waals surface area contributed by atoms with E-state index < -0.39 is 0 Å². The van der Waals surface area contributed by atoms with E-state index in [4.69, 9.17) is 0 Å². The van der Waals surface area contributed by atoms with Gasteiger partial charge in [-0.3, -0.25) is 0 Å². The summed E-state index contributed by atoms with van der Waals surface area (Å²) in [5.41, 5.74) is 3.43. The molecule has 106 valence electrons. The zero-order valence-corrected chi connectivity index (χ0v) is 12.4. The monoisotopic (exact) mass is 271 g/mol. The van der Waals surface area contributed by atoms with Gasteiger partial charge in [0.2, 0.25) is 5.95 Å². The smallest absolute Gasteiger partial charge is 0.244 e. The largest absolute Gasteiger partial charge is 0.353 e. The molecule has 0 aliphatic carbocycles. The highest BCUT2D eigenvalue weighted by atomic mass is 15.3. The van der Waals surface area contributed by atoms with Gasteiger partial charge in [0.1, 0.15) is 0 Å². The Morgan fingerprint density at radius 2 is 1.85 bits per heavy atom. The lowest BCUT2D eigenvalue weighted by Crippen LogP contribution is -2.12. The van der Waals surface area contributed by atoms with Crippen molar-refractivity contribution in [2.45, 2.75) is 27.7 Å². The Morgan fingerprint density at radius 1 is 1.15 bits per heavy atom. The first kappa shape index (κ1) is 14.2. The van der Waals surface area contributed by atoms with Crippen molar-refractivity contribution in [3.63, 3.8) is 0 Å². The highest BCUT2D eigenvalue weighted by Gasteiger charge is 2.05. The number of benzene rings is 1. The van der Waals surface area contributed by atoms with Gasteiger partial charge in [0, 0.05) is 12.2 Å². The number of hydrogen-bond acceptors (Lipinski definition) is 5. The van der Waals surface area contributed by atoms with Crippen molar-refractivity contribution in [2.24, 2.45) is 5.92 Å². The van der Waals surface area contributed by atoms with Gasteiger partial charge in [0.15, 0.2) is 5.82 Å². The Hall–Kier alpha value is -2.17. The summed E-state index contributed by atoms with van der Waals surface area (Å²) < 4.78 is 0. The summed E-state index contributed by atoms with van der Waals surface area (Å²) in [5.74, 6) is 1.78. The molecule has 20 heavy (non-hydrogen) atoms. The zero-order chi connectivity index (χ0) is 14.5. The van der Waals surface area contributed by atoms with Crippen LogP contribution in [0.15, 0.2) is 24.4 Å². The van der Waals surface area contributed by atoms with Gasteiger partial charge in [-0.15, -0.1) is 5.10 Å². The molecule has 0 aliphatic rings. The van der Waals surface area contributed by atoms with Crippen LogP contribution in [0.4, 0.5) is 17.5 Å². The van der Waals surface area contributed by atoms with Crippen LogP contribution >= 0.6 is 0 Å². The van der Waals surface area contributed by atoms with Crippen LogP contribution in [0.25, 0.3) is 0 Å². The fourth-order valence-corrected chi connectivity index (χ4v) is 1.87. The molecule has 2 rings (SSSR count). The number of anilines is 3. The van der Waals surface area contributed by atoms with Gasteiger partial charge in [-0.05, 0) is 30.9 Å². The molecule has 0 fully saturated rings. The summed E-state index contributed by atoms with van der Waals surface area (Å²) in [7, 11) is 0. The second-order valence-electron chi connectivity index (χ2n) is 5.33. The Labute approximate surface area is 119 Å². The molecule has 2 aromatic rings. The van der Waals surface area contributed by atoms with Gasteiger partial charge in [-0.25, -0.2) is 0 Å². The van der Waals surface area contributed by atoms with Crippen LogP contribution in [0, 0.1) is 19.8 Å². The minimum absolute atomic E-state index is 0.536. The van der Waals surface area contributed by atoms with Gasteiger partial charge in [-0.1, -0.05) is 32.0 Å². The van der Waals surface area contributed by atoms with Crippen molar-refractivity contribution in [2.75, 3.05) is 17.2 Å². The van der Waals surface area contributed by atoms with E-state index in [1.165, 1.54) is 11.1 Å². The third kappa shape index (κ3) is 3.66. The van der Waals surface area contributed by atoms with Crippen molar-refractivity contribution in [3.05, 3.63) is 35.5 Å². The average molecular weight is 271 g/mol. The summed E-state index contributed by atoms with van der Waals surface area (Å²) in [4.78, 5) is 4.43. The van der Waals surface area contributed by atoms with E-state index >= 15 is 0 Å². The first-order chi connectivity index (χ1) is 9.56. The quantitative estimate of drug-likeness (QED) is 0.873. The molecule has 0 saturated carbocycles. The number of nitrogens with zero attached hydrogens (tertiary/aromatic N) is 3. The van der Waals surface area contributed by atoms with Crippen LogP contribution in [0.3, 0.4) is 0 Å². The maximum absolute atomic E-state index is 4.43. The fourth-order valence-electron chi connectivity index (χ4n) is 1.87. The molecule has 0 aliphatic heterocycles. The predicted octanol–water partition coefficient (Wildman–Crippen LogP) is 3.30. The lowest BCUT2D eigenvalue weighted by atomic mass is 10.1. The predicted molar refractivity (Wildman–Crippen MR) is 82.4 cm³/mol. The summed E-state index contributed by atoms with van der Waals surface area (Å²) in [6, 6.07) is 6.19. The molecule has 1 aromatic carbocycles. The molecule has 5 heteroatoms. The third-order valence-electron chi connectivity index (χ3n) is 2.96. The van der Waals surface area contributed by atoms with Crippen molar-refractivity contribution in [1.82, 2.24) is 15.2 Å². The second kappa shape index (κ2) is 6.32. The molecule has 0 amide bonds. The van der Waals surface area contributed by atoms with Crippen LogP contribution in [0.1, 0.15) is 25.0 Å². The van der Waals surface area contributed by atoms with Crippen molar-refractivity contribution < 1.29 is 0 Å². The van der Waals surface area contributed by atoms with E-state index in [1.54, 1.807) is 6.20 Å². The number of hydrogen-bond donors (Lipinski definition) is 2. The van der Waals surface area contributed by atoms with Crippen LogP contribution < -0.4 is 10.6 Å². The van der Waals surface area contributed by atoms with Crippen molar-refractivity contribution in [3.8, 4) is 0 Å². The van der Waals surface area contributed by atoms with Crippen LogP contribution in [0.2, 0.25) is 0 Å². The standard InChI is InChI=1S/C15H21N5/c1-10(2)8-16-15-19-13(9-17-20-15)18-14-11(3)6-5-7-12(14)4/h5-7,9-10H,8H2,1-4H3,(H2,16,18,19,20). The number of nitrogens with one attached hydrogen (secondary N) is 2. The SMILES string of the molecule is Cc1cccc(C)c1Nc1cnnc(NCC(C)C)n1. The van der Waals surface area contributed by atoms with Crippen molar-refractivity contribution in [1.29, 1.82) is 0 Å². The van der Waals surface area contributed by atoms with Gasteiger partial charge < -0.3 is 10.6 Å². The summed E-state index contributed by atoms with van der Waals surface area (Å²) in [5, 5.41) is 14.5. The number of aryl methyl sites for hydroxylation is 2. The molecule has 1 aromatic heterocycles. The van der Waals surface area contributed by atoms with Crippen LogP contribution in [0.5, 0.6) is 0 Å². The molecule has 0 unspecified atom stereocenters. The van der Waals surface area contributed by atoms with Crippen LogP contribution in [-0.4, -0.2) is 21.7 Å². The lowest BCUT2D eigenvalue weighted by Gasteiger charge is -2.12. The highest BCUT2D eigenvalue weighted by Crippen LogP contribution is 2.23. The molecule has 5 nitrogen and oxygen atoms in total. The molecule has 0 atom stereocenters. The number of rotatable bonds is 5. The Bertz CT molecular complexity index is 560. The van der Waals surface area contributed by atoms with E-state index in [0.29, 0.717) is 17.7 Å². The molecule has 0 bridgehead atoms. The lowest BCUT2D eigenvalue weighted by molar-refractivity contribution is 0.682. The normalized spacial score (nSPS) is 10.7. The molecular weight excluding hydrogens is 250 g/mol. The first-order valence-corrected chi connectivity index (χ1v) is 6.83. The fraction of sp³-hybridized carbons (Fsp3) is 0.400. The molecule has 1 heterocycles. The van der Waals surface area contributed by atoms with Crippen LogP contribution in [-0.2, 0) is 0 Å². The summed E-state index contributed by atoms with van der Waals surface area (Å²) in [6.45, 7) is 9.25. The van der Waals surface area contributed by atoms with Crippen molar-refractivity contribution >= 4 is 17.5 Å². The number of aromatic nitrogens is 3. The average Bonchev–Trinajstić information content (AvgIpc) is 2.41. The van der Waals surface area contributed by atoms with E-state index in [-0.39, 0.29) is 0 Å². The third-order valence-corrected chi connectivity index (χ3v) is 2.96. The van der Waals surface area contributed by atoms with E-state index in [0.717, 1.165) is 12.2 Å². The molecule has 0 saturated heterocycles. The Kier molecular flexibility index (Phi) is 4.50. The van der Waals surface area contributed by atoms with Gasteiger partial charge >= 0.3 is 0 Å². The Morgan fingerprint density at radius 3 is 2.50 bits per heavy atom. The molecule has 0 radical (unpaired) electrons. The van der Waals surface area contributed by atoms with Gasteiger partial charge in [-0.2, -0.15) is 10.1 Å². The number of para-hydroxylation sites is 1. The zero-order valence-electron chi connectivity index (χ0n) is 12.4. The second-order valence-corrected chi connectivity index (χ2v) is 5.33. The molecular formula is C15H21N5. The Balaban J connectivity index is 2.15.